The normalized spacial score (nSPS) is 19.0. The first-order valence-corrected chi connectivity index (χ1v) is 13.9. The minimum atomic E-state index is -2.71. The predicted octanol–water partition coefficient (Wildman–Crippen LogP) is 4.00. The first kappa shape index (κ1) is 25.1. The summed E-state index contributed by atoms with van der Waals surface area (Å²) in [4.78, 5) is 40.5. The lowest BCUT2D eigenvalue weighted by Gasteiger charge is -2.35. The number of imidazole rings is 2. The third kappa shape index (κ3) is 4.41. The van der Waals surface area contributed by atoms with E-state index < -0.39 is 6.43 Å². The maximum atomic E-state index is 13.5. The molecule has 0 unspecified atom stereocenters. The number of H-pyrrole nitrogens is 1. The first-order valence-electron chi connectivity index (χ1n) is 13.9. The van der Waals surface area contributed by atoms with E-state index >= 15 is 0 Å². The van der Waals surface area contributed by atoms with Crippen molar-refractivity contribution >= 4 is 34.2 Å². The number of piperidine rings is 1. The van der Waals surface area contributed by atoms with Crippen LogP contribution in [0, 0.1) is 0 Å². The van der Waals surface area contributed by atoms with Gasteiger partial charge in [-0.2, -0.15) is 4.98 Å². The predicted molar refractivity (Wildman–Crippen MR) is 144 cm³/mol. The van der Waals surface area contributed by atoms with Crippen molar-refractivity contribution in [2.24, 2.45) is 0 Å². The number of ether oxygens (including phenoxy) is 1. The van der Waals surface area contributed by atoms with Gasteiger partial charge in [0.1, 0.15) is 11.2 Å². The molecular formula is C27H31F2N9O2. The molecule has 1 N–H and O–H groups in total. The van der Waals surface area contributed by atoms with Crippen molar-refractivity contribution < 1.29 is 18.3 Å². The summed E-state index contributed by atoms with van der Waals surface area (Å²) >= 11 is 0. The highest BCUT2D eigenvalue weighted by atomic mass is 19.3. The summed E-state index contributed by atoms with van der Waals surface area (Å²) in [6, 6.07) is 5.64. The van der Waals surface area contributed by atoms with Gasteiger partial charge < -0.3 is 29.0 Å². The zero-order valence-electron chi connectivity index (χ0n) is 22.1. The van der Waals surface area contributed by atoms with Crippen LogP contribution in [0.5, 0.6) is 0 Å². The van der Waals surface area contributed by atoms with Crippen LogP contribution >= 0.6 is 0 Å². The van der Waals surface area contributed by atoms with Crippen LogP contribution < -0.4 is 4.90 Å². The number of rotatable bonds is 4. The van der Waals surface area contributed by atoms with Crippen molar-refractivity contribution in [2.75, 3.05) is 57.4 Å². The van der Waals surface area contributed by atoms with E-state index in [1.54, 1.807) is 18.5 Å². The van der Waals surface area contributed by atoms with E-state index in [4.69, 9.17) is 19.7 Å². The number of amides is 2. The molecule has 13 heteroatoms. The fourth-order valence-corrected chi connectivity index (χ4v) is 6.05. The number of aromatic nitrogens is 6. The smallest absolute Gasteiger partial charge is 0.319 e. The van der Waals surface area contributed by atoms with Crippen molar-refractivity contribution in [3.05, 3.63) is 30.4 Å². The van der Waals surface area contributed by atoms with Gasteiger partial charge in [0, 0.05) is 50.9 Å². The van der Waals surface area contributed by atoms with Gasteiger partial charge in [0.05, 0.1) is 30.6 Å². The van der Waals surface area contributed by atoms with Gasteiger partial charge in [-0.05, 0) is 31.7 Å². The summed E-state index contributed by atoms with van der Waals surface area (Å²) in [7, 11) is 0. The zero-order valence-corrected chi connectivity index (χ0v) is 22.1. The van der Waals surface area contributed by atoms with E-state index in [-0.39, 0.29) is 17.9 Å². The van der Waals surface area contributed by atoms with Crippen LogP contribution in [0.2, 0.25) is 0 Å². The summed E-state index contributed by atoms with van der Waals surface area (Å²) in [6.45, 7) is 5.50. The van der Waals surface area contributed by atoms with Gasteiger partial charge in [-0.3, -0.25) is 0 Å². The van der Waals surface area contributed by atoms with Gasteiger partial charge in [-0.25, -0.2) is 28.5 Å². The lowest BCUT2D eigenvalue weighted by molar-refractivity contribution is 0.122. The van der Waals surface area contributed by atoms with E-state index in [0.29, 0.717) is 78.8 Å². The van der Waals surface area contributed by atoms with Gasteiger partial charge in [0.25, 0.3) is 6.43 Å². The van der Waals surface area contributed by atoms with Crippen molar-refractivity contribution in [3.63, 3.8) is 0 Å². The lowest BCUT2D eigenvalue weighted by Crippen LogP contribution is -2.45. The Kier molecular flexibility index (Phi) is 6.45. The number of nitrogens with zero attached hydrogens (tertiary/aromatic N) is 8. The molecule has 0 atom stereocenters. The van der Waals surface area contributed by atoms with E-state index in [0.717, 1.165) is 38.8 Å². The van der Waals surface area contributed by atoms with E-state index in [1.165, 1.54) is 0 Å². The molecule has 3 aliphatic heterocycles. The topological polar surface area (TPSA) is 108 Å². The van der Waals surface area contributed by atoms with E-state index in [1.807, 2.05) is 15.9 Å². The molecule has 210 valence electrons. The summed E-state index contributed by atoms with van der Waals surface area (Å²) in [6.07, 6.45) is 2.83. The minimum Gasteiger partial charge on any atom is -0.378 e. The van der Waals surface area contributed by atoms with Crippen LogP contribution in [-0.2, 0) is 4.74 Å². The SMILES string of the molecule is O=C(N1CCCC1)N1CCC(n2cnc3c(-c4cccc5[nH]c(C(F)F)nc45)nc(N4CCOCC4)nc32)CC1. The standard InChI is InChI=1S/C27H31F2N9O2/c28-23(29)24-31-19-5-3-4-18(20(19)32-24)21-22-25(34-26(33-21)35-12-14-40-15-13-35)38(16-30-22)17-6-10-37(11-7-17)27(39)36-8-1-2-9-36/h3-5,16-17,23H,1-2,6-15H2,(H,31,32). The molecule has 7 rings (SSSR count). The molecule has 3 aliphatic rings. The van der Waals surface area contributed by atoms with Crippen LogP contribution in [0.3, 0.4) is 0 Å². The van der Waals surface area contributed by atoms with Gasteiger partial charge in [0.15, 0.2) is 11.5 Å². The number of carbonyl (C=O) groups excluding carboxylic acids is 1. The number of benzene rings is 1. The Balaban J connectivity index is 1.27. The third-order valence-electron chi connectivity index (χ3n) is 8.20. The number of morpholine rings is 1. The summed E-state index contributed by atoms with van der Waals surface area (Å²) in [5.74, 6) is 0.178. The number of nitrogens with one attached hydrogen (secondary N) is 1. The van der Waals surface area contributed by atoms with Gasteiger partial charge in [0.2, 0.25) is 5.95 Å². The van der Waals surface area contributed by atoms with Crippen LogP contribution in [0.15, 0.2) is 24.5 Å². The molecule has 0 aliphatic carbocycles. The van der Waals surface area contributed by atoms with Crippen LogP contribution in [0.25, 0.3) is 33.5 Å². The van der Waals surface area contributed by atoms with Crippen LogP contribution in [0.1, 0.15) is 44.0 Å². The Hall–Kier alpha value is -3.87. The molecule has 0 spiro atoms. The summed E-state index contributed by atoms with van der Waals surface area (Å²) < 4.78 is 34.6. The van der Waals surface area contributed by atoms with E-state index in [9.17, 15) is 13.6 Å². The van der Waals surface area contributed by atoms with Crippen molar-refractivity contribution in [1.82, 2.24) is 39.3 Å². The van der Waals surface area contributed by atoms with Crippen molar-refractivity contribution in [1.29, 1.82) is 0 Å². The monoisotopic (exact) mass is 551 g/mol. The maximum absolute atomic E-state index is 13.5. The number of aromatic amines is 1. The van der Waals surface area contributed by atoms with Gasteiger partial charge in [-0.15, -0.1) is 0 Å². The molecule has 3 fully saturated rings. The number of likely N-dealkylation sites (tertiary alicyclic amines) is 2. The molecule has 40 heavy (non-hydrogen) atoms. The second-order valence-corrected chi connectivity index (χ2v) is 10.6. The first-order chi connectivity index (χ1) is 19.6. The molecule has 0 bridgehead atoms. The molecule has 6 heterocycles. The lowest BCUT2D eigenvalue weighted by atomic mass is 10.0. The Bertz CT molecular complexity index is 1530. The Morgan fingerprint density at radius 3 is 2.45 bits per heavy atom. The second kappa shape index (κ2) is 10.3. The molecule has 11 nitrogen and oxygen atoms in total. The minimum absolute atomic E-state index is 0.125. The quantitative estimate of drug-likeness (QED) is 0.409. The average Bonchev–Trinajstić information content (AvgIpc) is 3.76. The number of anilines is 1. The highest BCUT2D eigenvalue weighted by Gasteiger charge is 2.30. The number of carbonyl (C=O) groups is 1. The highest BCUT2D eigenvalue weighted by molar-refractivity contribution is 5.99. The summed E-state index contributed by atoms with van der Waals surface area (Å²) in [5.41, 5.74) is 3.42. The Morgan fingerprint density at radius 2 is 1.70 bits per heavy atom. The fourth-order valence-electron chi connectivity index (χ4n) is 6.05. The molecule has 1 aromatic carbocycles. The molecule has 3 saturated heterocycles. The van der Waals surface area contributed by atoms with Crippen molar-refractivity contribution in [3.8, 4) is 11.3 Å². The molecular weight excluding hydrogens is 520 g/mol. The zero-order chi connectivity index (χ0) is 27.2. The maximum Gasteiger partial charge on any atom is 0.319 e. The largest absolute Gasteiger partial charge is 0.378 e. The summed E-state index contributed by atoms with van der Waals surface area (Å²) in [5, 5.41) is 0. The Labute approximate surface area is 229 Å². The molecule has 0 saturated carbocycles. The highest BCUT2D eigenvalue weighted by Crippen LogP contribution is 2.35. The van der Waals surface area contributed by atoms with Gasteiger partial charge in [-0.1, -0.05) is 12.1 Å². The average molecular weight is 552 g/mol. The van der Waals surface area contributed by atoms with Crippen molar-refractivity contribution in [2.45, 2.75) is 38.2 Å². The molecule has 3 aromatic heterocycles. The number of hydrogen-bond acceptors (Lipinski definition) is 7. The molecule has 2 amide bonds. The number of para-hydroxylation sites is 1. The van der Waals surface area contributed by atoms with Crippen LogP contribution in [0.4, 0.5) is 19.5 Å². The number of fused-ring (bicyclic) bond motifs is 2. The second-order valence-electron chi connectivity index (χ2n) is 10.6. The Morgan fingerprint density at radius 1 is 0.950 bits per heavy atom. The van der Waals surface area contributed by atoms with Crippen LogP contribution in [-0.4, -0.2) is 97.8 Å². The number of hydrogen-bond donors (Lipinski definition) is 1. The fraction of sp³-hybridized carbons (Fsp3) is 0.519. The molecule has 0 radical (unpaired) electrons. The van der Waals surface area contributed by atoms with E-state index in [2.05, 4.69) is 19.4 Å². The third-order valence-corrected chi connectivity index (χ3v) is 8.20. The number of halogens is 2. The van der Waals surface area contributed by atoms with Gasteiger partial charge >= 0.3 is 6.03 Å². The molecule has 4 aromatic rings. The number of alkyl halides is 2. The number of urea groups is 1.